The van der Waals surface area contributed by atoms with Gasteiger partial charge in [-0.1, -0.05) is 18.2 Å². The first-order valence-corrected chi connectivity index (χ1v) is 5.80. The number of rotatable bonds is 3. The van der Waals surface area contributed by atoms with Gasteiger partial charge >= 0.3 is 0 Å². The molecule has 2 nitrogen and oxygen atoms in total. The number of hydrogen-bond donors (Lipinski definition) is 1. The molecule has 0 saturated heterocycles. The van der Waals surface area contributed by atoms with Crippen molar-refractivity contribution >= 4 is 5.69 Å². The summed E-state index contributed by atoms with van der Waals surface area (Å²) in [6.45, 7) is 2.56. The number of quaternary nitrogens is 1. The van der Waals surface area contributed by atoms with Gasteiger partial charge in [-0.3, -0.25) is 4.48 Å². The molecule has 3 heteroatoms. The molecule has 0 spiro atoms. The fourth-order valence-corrected chi connectivity index (χ4v) is 2.64. The van der Waals surface area contributed by atoms with Crippen molar-refractivity contribution in [3.63, 3.8) is 0 Å². The Balaban J connectivity index is 0.00000128. The minimum absolute atomic E-state index is 0. The standard InChI is InChI=1S/C13H20NO.HI/c1-14(10-5-11-15)9-4-7-12-6-2-3-8-13(12)14;/h2-3,6,8,15H,4-5,7,9-11H2,1H3;1H/q+1;/p-1. The Kier molecular flexibility index (Phi) is 5.21. The van der Waals surface area contributed by atoms with Crippen LogP contribution in [0.25, 0.3) is 0 Å². The van der Waals surface area contributed by atoms with Crippen LogP contribution in [0, 0.1) is 0 Å². The minimum Gasteiger partial charge on any atom is -1.00 e. The molecule has 0 radical (unpaired) electrons. The molecule has 1 aliphatic heterocycles. The Morgan fingerprint density at radius 3 is 2.81 bits per heavy atom. The largest absolute Gasteiger partial charge is 1.00 e. The summed E-state index contributed by atoms with van der Waals surface area (Å²) in [5.41, 5.74) is 2.95. The lowest BCUT2D eigenvalue weighted by Crippen LogP contribution is -3.00. The van der Waals surface area contributed by atoms with Crippen LogP contribution in [0.2, 0.25) is 0 Å². The van der Waals surface area contributed by atoms with Crippen LogP contribution in [0.3, 0.4) is 0 Å². The van der Waals surface area contributed by atoms with E-state index >= 15 is 0 Å². The summed E-state index contributed by atoms with van der Waals surface area (Å²) in [6, 6.07) is 8.73. The third kappa shape index (κ3) is 2.76. The van der Waals surface area contributed by atoms with Gasteiger partial charge < -0.3 is 29.1 Å². The highest BCUT2D eigenvalue weighted by Crippen LogP contribution is 2.31. The van der Waals surface area contributed by atoms with Crippen LogP contribution in [-0.2, 0) is 6.42 Å². The predicted molar refractivity (Wildman–Crippen MR) is 63.9 cm³/mol. The van der Waals surface area contributed by atoms with E-state index in [4.69, 9.17) is 5.11 Å². The molecule has 0 aromatic heterocycles. The van der Waals surface area contributed by atoms with Gasteiger partial charge in [0, 0.05) is 25.0 Å². The van der Waals surface area contributed by atoms with Gasteiger partial charge in [0.05, 0.1) is 20.1 Å². The molecule has 0 aliphatic carbocycles. The number of aryl methyl sites for hydroxylation is 1. The fraction of sp³-hybridized carbons (Fsp3) is 0.538. The van der Waals surface area contributed by atoms with Gasteiger partial charge in [0.1, 0.15) is 5.69 Å². The van der Waals surface area contributed by atoms with Crippen LogP contribution in [0.15, 0.2) is 24.3 Å². The van der Waals surface area contributed by atoms with E-state index in [0.29, 0.717) is 6.61 Å². The lowest BCUT2D eigenvalue weighted by Gasteiger charge is -2.38. The average molecular weight is 333 g/mol. The molecule has 0 bridgehead atoms. The molecule has 16 heavy (non-hydrogen) atoms. The first kappa shape index (κ1) is 13.9. The van der Waals surface area contributed by atoms with E-state index in [-0.39, 0.29) is 24.0 Å². The fourth-order valence-electron chi connectivity index (χ4n) is 2.64. The molecule has 1 aromatic rings. The third-order valence-corrected chi connectivity index (χ3v) is 3.48. The Labute approximate surface area is 115 Å². The normalized spacial score (nSPS) is 23.4. The van der Waals surface area contributed by atoms with Crippen molar-refractivity contribution in [3.8, 4) is 0 Å². The summed E-state index contributed by atoms with van der Waals surface area (Å²) in [5.74, 6) is 0. The summed E-state index contributed by atoms with van der Waals surface area (Å²) in [4.78, 5) is 0. The molecule has 1 heterocycles. The highest BCUT2D eigenvalue weighted by molar-refractivity contribution is 5.51. The molecule has 1 aromatic carbocycles. The quantitative estimate of drug-likeness (QED) is 0.553. The number of nitrogens with zero attached hydrogens (tertiary/aromatic N) is 1. The van der Waals surface area contributed by atoms with Gasteiger partial charge in [-0.15, -0.1) is 0 Å². The molecular weight excluding hydrogens is 313 g/mol. The van der Waals surface area contributed by atoms with Gasteiger partial charge in [0.2, 0.25) is 0 Å². The van der Waals surface area contributed by atoms with Gasteiger partial charge in [-0.2, -0.15) is 0 Å². The third-order valence-electron chi connectivity index (χ3n) is 3.48. The van der Waals surface area contributed by atoms with Crippen LogP contribution in [0.4, 0.5) is 5.69 Å². The van der Waals surface area contributed by atoms with Gasteiger partial charge in [-0.25, -0.2) is 0 Å². The van der Waals surface area contributed by atoms with Crippen molar-refractivity contribution in [1.29, 1.82) is 0 Å². The Morgan fingerprint density at radius 2 is 2.06 bits per heavy atom. The highest BCUT2D eigenvalue weighted by atomic mass is 127. The average Bonchev–Trinajstić information content (AvgIpc) is 2.27. The van der Waals surface area contributed by atoms with E-state index in [0.717, 1.165) is 17.4 Å². The van der Waals surface area contributed by atoms with Crippen molar-refractivity contribution in [2.75, 3.05) is 26.7 Å². The van der Waals surface area contributed by atoms with Crippen LogP contribution in [0.1, 0.15) is 18.4 Å². The number of benzene rings is 1. The van der Waals surface area contributed by atoms with E-state index in [1.807, 2.05) is 0 Å². The number of aliphatic hydroxyl groups excluding tert-OH is 1. The monoisotopic (exact) mass is 333 g/mol. The summed E-state index contributed by atoms with van der Waals surface area (Å²) in [7, 11) is 2.29. The number of para-hydroxylation sites is 1. The van der Waals surface area contributed by atoms with E-state index < -0.39 is 0 Å². The maximum absolute atomic E-state index is 8.95. The van der Waals surface area contributed by atoms with Crippen molar-refractivity contribution < 1.29 is 29.1 Å². The molecule has 1 atom stereocenters. The first-order valence-electron chi connectivity index (χ1n) is 5.80. The minimum atomic E-state index is 0. The smallest absolute Gasteiger partial charge is 0.135 e. The summed E-state index contributed by atoms with van der Waals surface area (Å²) in [6.07, 6.45) is 3.37. The lowest BCUT2D eigenvalue weighted by molar-refractivity contribution is -0.00000424. The van der Waals surface area contributed by atoms with Gasteiger partial charge in [0.25, 0.3) is 0 Å². The van der Waals surface area contributed by atoms with Gasteiger partial charge in [-0.05, 0) is 12.5 Å². The number of fused-ring (bicyclic) bond motifs is 1. The topological polar surface area (TPSA) is 20.2 Å². The second-order valence-electron chi connectivity index (χ2n) is 4.65. The predicted octanol–water partition coefficient (Wildman–Crippen LogP) is -1.04. The van der Waals surface area contributed by atoms with Gasteiger partial charge in [0.15, 0.2) is 0 Å². The van der Waals surface area contributed by atoms with E-state index in [1.165, 1.54) is 30.6 Å². The zero-order chi connectivity index (χ0) is 10.7. The van der Waals surface area contributed by atoms with Crippen molar-refractivity contribution in [1.82, 2.24) is 4.48 Å². The number of hydrogen-bond acceptors (Lipinski definition) is 1. The maximum Gasteiger partial charge on any atom is 0.135 e. The Morgan fingerprint density at radius 1 is 1.31 bits per heavy atom. The zero-order valence-corrected chi connectivity index (χ0v) is 12.0. The van der Waals surface area contributed by atoms with Crippen LogP contribution in [0.5, 0.6) is 0 Å². The zero-order valence-electron chi connectivity index (χ0n) is 9.82. The SMILES string of the molecule is C[N+]1(CCCO)CCCc2ccccc21.[I-]. The molecule has 1 aliphatic rings. The lowest BCUT2D eigenvalue weighted by atomic mass is 9.99. The molecule has 0 saturated carbocycles. The van der Waals surface area contributed by atoms with Crippen molar-refractivity contribution in [2.24, 2.45) is 0 Å². The van der Waals surface area contributed by atoms with E-state index in [2.05, 4.69) is 31.3 Å². The second-order valence-corrected chi connectivity index (χ2v) is 4.65. The molecule has 90 valence electrons. The van der Waals surface area contributed by atoms with Crippen LogP contribution < -0.4 is 28.5 Å². The Bertz CT molecular complexity index is 342. The molecule has 1 unspecified atom stereocenters. The summed E-state index contributed by atoms with van der Waals surface area (Å²) >= 11 is 0. The number of aliphatic hydroxyl groups is 1. The van der Waals surface area contributed by atoms with Crippen LogP contribution in [-0.4, -0.2) is 31.9 Å². The van der Waals surface area contributed by atoms with E-state index in [9.17, 15) is 0 Å². The Hall–Kier alpha value is -0.130. The highest BCUT2D eigenvalue weighted by Gasteiger charge is 2.30. The molecule has 2 rings (SSSR count). The summed E-state index contributed by atoms with van der Waals surface area (Å²) in [5, 5.41) is 8.95. The van der Waals surface area contributed by atoms with E-state index in [1.54, 1.807) is 0 Å². The summed E-state index contributed by atoms with van der Waals surface area (Å²) < 4.78 is 0.997. The maximum atomic E-state index is 8.95. The van der Waals surface area contributed by atoms with Crippen LogP contribution >= 0.6 is 0 Å². The number of halogens is 1. The molecule has 0 amide bonds. The molecular formula is C13H20INO. The molecule has 1 N–H and O–H groups in total. The second kappa shape index (κ2) is 5.98. The first-order chi connectivity index (χ1) is 7.26. The van der Waals surface area contributed by atoms with Crippen molar-refractivity contribution in [3.05, 3.63) is 29.8 Å². The molecule has 0 fully saturated rings. The van der Waals surface area contributed by atoms with Crippen molar-refractivity contribution in [2.45, 2.75) is 19.3 Å².